The SMILES string of the molecule is O=C(C[C@H]1CC2(CCN(C(=O)c3cccs3)CC2)Oc2ccccc21)NC1CC1. The van der Waals surface area contributed by atoms with Gasteiger partial charge in [0.2, 0.25) is 5.91 Å². The van der Waals surface area contributed by atoms with Crippen molar-refractivity contribution in [3.05, 3.63) is 52.2 Å². The predicted molar refractivity (Wildman–Crippen MR) is 112 cm³/mol. The Kier molecular flexibility index (Phi) is 4.82. The van der Waals surface area contributed by atoms with Crippen molar-refractivity contribution in [1.29, 1.82) is 0 Å². The summed E-state index contributed by atoms with van der Waals surface area (Å²) in [5, 5.41) is 5.07. The minimum atomic E-state index is -0.287. The molecule has 1 atom stereocenters. The maximum Gasteiger partial charge on any atom is 0.263 e. The monoisotopic (exact) mass is 410 g/mol. The Morgan fingerprint density at radius 2 is 1.93 bits per heavy atom. The smallest absolute Gasteiger partial charge is 0.263 e. The van der Waals surface area contributed by atoms with Crippen LogP contribution in [0.3, 0.4) is 0 Å². The third kappa shape index (κ3) is 3.90. The fourth-order valence-corrected chi connectivity index (χ4v) is 5.34. The van der Waals surface area contributed by atoms with E-state index in [2.05, 4.69) is 11.4 Å². The molecule has 3 aliphatic rings. The molecular formula is C23H26N2O3S. The number of amides is 2. The lowest BCUT2D eigenvalue weighted by Crippen LogP contribution is -2.52. The Labute approximate surface area is 175 Å². The number of benzene rings is 1. The second-order valence-corrected chi connectivity index (χ2v) is 9.49. The largest absolute Gasteiger partial charge is 0.487 e. The van der Waals surface area contributed by atoms with Crippen LogP contribution in [-0.2, 0) is 4.79 Å². The van der Waals surface area contributed by atoms with Crippen LogP contribution in [0.4, 0.5) is 0 Å². The first-order valence-electron chi connectivity index (χ1n) is 10.5. The Hall–Kier alpha value is -2.34. The molecule has 2 fully saturated rings. The van der Waals surface area contributed by atoms with Gasteiger partial charge in [0, 0.05) is 44.3 Å². The molecule has 29 heavy (non-hydrogen) atoms. The van der Waals surface area contributed by atoms with Crippen LogP contribution in [-0.4, -0.2) is 41.4 Å². The molecule has 6 heteroatoms. The fraction of sp³-hybridized carbons (Fsp3) is 0.478. The average Bonchev–Trinajstić information content (AvgIpc) is 3.36. The van der Waals surface area contributed by atoms with Gasteiger partial charge in [0.05, 0.1) is 4.88 Å². The van der Waals surface area contributed by atoms with Gasteiger partial charge in [0.1, 0.15) is 11.4 Å². The number of nitrogens with zero attached hydrogens (tertiary/aromatic N) is 1. The molecule has 1 spiro atoms. The normalized spacial score (nSPS) is 22.6. The number of fused-ring (bicyclic) bond motifs is 1. The highest BCUT2D eigenvalue weighted by atomic mass is 32.1. The summed E-state index contributed by atoms with van der Waals surface area (Å²) in [5.41, 5.74) is 0.853. The number of rotatable bonds is 4. The zero-order chi connectivity index (χ0) is 19.8. The molecule has 152 valence electrons. The third-order valence-corrected chi connectivity index (χ3v) is 7.23. The summed E-state index contributed by atoms with van der Waals surface area (Å²) in [7, 11) is 0. The van der Waals surface area contributed by atoms with E-state index in [1.165, 1.54) is 11.3 Å². The van der Waals surface area contributed by atoms with Gasteiger partial charge in [-0.2, -0.15) is 0 Å². The Balaban J connectivity index is 1.30. The van der Waals surface area contributed by atoms with Gasteiger partial charge in [0.25, 0.3) is 5.91 Å². The summed E-state index contributed by atoms with van der Waals surface area (Å²) < 4.78 is 6.52. The average molecular weight is 411 g/mol. The Bertz CT molecular complexity index is 899. The number of carbonyl (C=O) groups is 2. The molecule has 1 aliphatic carbocycles. The molecule has 5 nitrogen and oxygen atoms in total. The van der Waals surface area contributed by atoms with E-state index in [9.17, 15) is 9.59 Å². The van der Waals surface area contributed by atoms with Gasteiger partial charge in [-0.05, 0) is 42.3 Å². The topological polar surface area (TPSA) is 58.6 Å². The molecule has 0 unspecified atom stereocenters. The van der Waals surface area contributed by atoms with E-state index in [4.69, 9.17) is 4.74 Å². The van der Waals surface area contributed by atoms with Crippen molar-refractivity contribution in [2.75, 3.05) is 13.1 Å². The summed E-state index contributed by atoms with van der Waals surface area (Å²) in [6.45, 7) is 1.39. The highest BCUT2D eigenvalue weighted by Crippen LogP contribution is 2.46. The standard InChI is InChI=1S/C23H26N2O3S/c26-21(24-17-7-8-17)14-16-15-23(28-19-5-2-1-4-18(16)19)9-11-25(12-10-23)22(27)20-6-3-13-29-20/h1-6,13,16-17H,7-12,14-15H2,(H,24,26)/t16-/m0/s1. The minimum Gasteiger partial charge on any atom is -0.487 e. The first-order valence-corrected chi connectivity index (χ1v) is 11.4. The van der Waals surface area contributed by atoms with Crippen LogP contribution in [0.1, 0.15) is 59.7 Å². The molecule has 2 aromatic rings. The van der Waals surface area contributed by atoms with Crippen LogP contribution in [0.2, 0.25) is 0 Å². The van der Waals surface area contributed by atoms with Crippen molar-refractivity contribution in [2.24, 2.45) is 0 Å². The first kappa shape index (κ1) is 18.7. The Morgan fingerprint density at radius 1 is 1.14 bits per heavy atom. The quantitative estimate of drug-likeness (QED) is 0.830. The predicted octanol–water partition coefficient (Wildman–Crippen LogP) is 3.96. The number of piperidine rings is 1. The van der Waals surface area contributed by atoms with Gasteiger partial charge in [-0.25, -0.2) is 0 Å². The molecule has 5 rings (SSSR count). The molecule has 0 radical (unpaired) electrons. The minimum absolute atomic E-state index is 0.117. The molecule has 1 aromatic heterocycles. The second-order valence-electron chi connectivity index (χ2n) is 8.54. The van der Waals surface area contributed by atoms with E-state index in [1.807, 2.05) is 40.6 Å². The number of hydrogen-bond donors (Lipinski definition) is 1. The number of ether oxygens (including phenoxy) is 1. The number of thiophene rings is 1. The van der Waals surface area contributed by atoms with Gasteiger partial charge in [-0.3, -0.25) is 9.59 Å². The van der Waals surface area contributed by atoms with E-state index in [0.717, 1.165) is 48.3 Å². The van der Waals surface area contributed by atoms with E-state index in [-0.39, 0.29) is 23.3 Å². The summed E-state index contributed by atoms with van der Waals surface area (Å²) in [6.07, 6.45) is 5.17. The molecule has 1 saturated heterocycles. The third-order valence-electron chi connectivity index (χ3n) is 6.37. The van der Waals surface area contributed by atoms with Crippen LogP contribution < -0.4 is 10.1 Å². The van der Waals surface area contributed by atoms with Crippen LogP contribution in [0.5, 0.6) is 5.75 Å². The molecule has 2 amide bonds. The summed E-state index contributed by atoms with van der Waals surface area (Å²) in [4.78, 5) is 27.9. The van der Waals surface area contributed by atoms with Crippen molar-refractivity contribution in [3.63, 3.8) is 0 Å². The van der Waals surface area contributed by atoms with E-state index in [0.29, 0.717) is 25.6 Å². The zero-order valence-corrected chi connectivity index (χ0v) is 17.2. The lowest BCUT2D eigenvalue weighted by atomic mass is 9.76. The zero-order valence-electron chi connectivity index (χ0n) is 16.4. The first-order chi connectivity index (χ1) is 14.1. The maximum atomic E-state index is 12.7. The highest BCUT2D eigenvalue weighted by molar-refractivity contribution is 7.12. The van der Waals surface area contributed by atoms with Crippen molar-refractivity contribution in [2.45, 2.75) is 56.1 Å². The van der Waals surface area contributed by atoms with Crippen LogP contribution in [0, 0.1) is 0 Å². The summed E-state index contributed by atoms with van der Waals surface area (Å²) >= 11 is 1.49. The Morgan fingerprint density at radius 3 is 2.66 bits per heavy atom. The summed E-state index contributed by atoms with van der Waals surface area (Å²) in [6, 6.07) is 12.3. The van der Waals surface area contributed by atoms with Gasteiger partial charge in [-0.1, -0.05) is 24.3 Å². The number of para-hydroxylation sites is 1. The number of carbonyl (C=O) groups excluding carboxylic acids is 2. The van der Waals surface area contributed by atoms with Gasteiger partial charge in [-0.15, -0.1) is 11.3 Å². The molecule has 1 N–H and O–H groups in total. The number of hydrogen-bond acceptors (Lipinski definition) is 4. The second kappa shape index (κ2) is 7.48. The van der Waals surface area contributed by atoms with Crippen LogP contribution in [0.25, 0.3) is 0 Å². The maximum absolute atomic E-state index is 12.7. The molecule has 2 aliphatic heterocycles. The van der Waals surface area contributed by atoms with E-state index < -0.39 is 0 Å². The molecule has 1 saturated carbocycles. The van der Waals surface area contributed by atoms with Crippen molar-refractivity contribution in [3.8, 4) is 5.75 Å². The highest BCUT2D eigenvalue weighted by Gasteiger charge is 2.44. The van der Waals surface area contributed by atoms with Crippen molar-refractivity contribution < 1.29 is 14.3 Å². The van der Waals surface area contributed by atoms with Gasteiger partial charge >= 0.3 is 0 Å². The lowest BCUT2D eigenvalue weighted by molar-refractivity contribution is -0.122. The van der Waals surface area contributed by atoms with E-state index in [1.54, 1.807) is 0 Å². The van der Waals surface area contributed by atoms with Crippen molar-refractivity contribution in [1.82, 2.24) is 10.2 Å². The molecule has 1 aromatic carbocycles. The van der Waals surface area contributed by atoms with Crippen molar-refractivity contribution >= 4 is 23.2 Å². The number of likely N-dealkylation sites (tertiary alicyclic amines) is 1. The summed E-state index contributed by atoms with van der Waals surface area (Å²) in [5.74, 6) is 1.33. The van der Waals surface area contributed by atoms with E-state index >= 15 is 0 Å². The fourth-order valence-electron chi connectivity index (χ4n) is 4.64. The molecular weight excluding hydrogens is 384 g/mol. The molecule has 3 heterocycles. The van der Waals surface area contributed by atoms with Gasteiger partial charge < -0.3 is 15.0 Å². The lowest BCUT2D eigenvalue weighted by Gasteiger charge is -2.46. The van der Waals surface area contributed by atoms with Crippen LogP contribution in [0.15, 0.2) is 41.8 Å². The van der Waals surface area contributed by atoms with Crippen LogP contribution >= 0.6 is 11.3 Å². The molecule has 0 bridgehead atoms. The van der Waals surface area contributed by atoms with Gasteiger partial charge in [0.15, 0.2) is 0 Å². The number of nitrogens with one attached hydrogen (secondary N) is 1.